The van der Waals surface area contributed by atoms with Gasteiger partial charge in [0.2, 0.25) is 9.84 Å². The first-order valence-electron chi connectivity index (χ1n) is 3.44. The molecule has 0 rings (SSSR count). The summed E-state index contributed by atoms with van der Waals surface area (Å²) in [6.07, 6.45) is -0.0475. The van der Waals surface area contributed by atoms with Gasteiger partial charge in [-0.25, -0.2) is 29.6 Å². The molecule has 0 amide bonds. The molecule has 17 heavy (non-hydrogen) atoms. The fourth-order valence-electron chi connectivity index (χ4n) is 0.850. The van der Waals surface area contributed by atoms with E-state index in [9.17, 15) is 42.8 Å². The van der Waals surface area contributed by atoms with Gasteiger partial charge in [0.05, 0.1) is 0 Å². The molecule has 6 nitrogen and oxygen atoms in total. The second-order valence-corrected chi connectivity index (χ2v) is 9.95. The average Bonchev–Trinajstić information content (AvgIpc) is 1.97. The quantitative estimate of drug-likeness (QED) is 0.652. The SMILES string of the molecule is CS(=O)(=O)C(S(=O)(=O)CF)S(=O)(=O)C(F)(F)F. The topological polar surface area (TPSA) is 102 Å². The van der Waals surface area contributed by atoms with Crippen LogP contribution in [-0.2, 0) is 29.5 Å². The summed E-state index contributed by atoms with van der Waals surface area (Å²) in [5, 5.41) is 0. The monoisotopic (exact) mass is 322 g/mol. The van der Waals surface area contributed by atoms with Crippen LogP contribution in [0.5, 0.6) is 0 Å². The largest absolute Gasteiger partial charge is 0.499 e. The van der Waals surface area contributed by atoms with Gasteiger partial charge in [-0.2, -0.15) is 13.2 Å². The first kappa shape index (κ1) is 16.6. The normalized spacial score (nSPS) is 16.8. The van der Waals surface area contributed by atoms with Crippen LogP contribution in [0.25, 0.3) is 0 Å². The molecule has 0 aliphatic rings. The van der Waals surface area contributed by atoms with Crippen molar-refractivity contribution in [1.29, 1.82) is 0 Å². The van der Waals surface area contributed by atoms with Gasteiger partial charge in [0.1, 0.15) is 0 Å². The molecule has 0 aliphatic heterocycles. The van der Waals surface area contributed by atoms with Crippen molar-refractivity contribution in [3.63, 3.8) is 0 Å². The van der Waals surface area contributed by atoms with E-state index in [1.54, 1.807) is 0 Å². The lowest BCUT2D eigenvalue weighted by Crippen LogP contribution is -2.44. The van der Waals surface area contributed by atoms with Crippen molar-refractivity contribution >= 4 is 29.5 Å². The van der Waals surface area contributed by atoms with E-state index in [0.717, 1.165) is 0 Å². The van der Waals surface area contributed by atoms with Gasteiger partial charge in [0.25, 0.3) is 13.8 Å². The molecule has 13 heteroatoms. The molecule has 0 bridgehead atoms. The Kier molecular flexibility index (Phi) is 4.24. The van der Waals surface area contributed by atoms with Crippen molar-refractivity contribution in [2.75, 3.05) is 12.3 Å². The van der Waals surface area contributed by atoms with Crippen molar-refractivity contribution < 1.29 is 42.8 Å². The predicted molar refractivity (Wildman–Crippen MR) is 48.5 cm³/mol. The summed E-state index contributed by atoms with van der Waals surface area (Å²) in [5.41, 5.74) is -6.12. The van der Waals surface area contributed by atoms with Crippen molar-refractivity contribution in [3.8, 4) is 0 Å². The lowest BCUT2D eigenvalue weighted by atomic mass is 11.6. The van der Waals surface area contributed by atoms with Gasteiger partial charge in [-0.1, -0.05) is 0 Å². The van der Waals surface area contributed by atoms with Crippen molar-refractivity contribution in [1.82, 2.24) is 0 Å². The highest BCUT2D eigenvalue weighted by Gasteiger charge is 2.59. The Bertz CT molecular complexity index is 582. The van der Waals surface area contributed by atoms with Crippen LogP contribution in [0.2, 0.25) is 0 Å². The highest BCUT2D eigenvalue weighted by atomic mass is 32.3. The van der Waals surface area contributed by atoms with Gasteiger partial charge in [-0.15, -0.1) is 0 Å². The Balaban J connectivity index is 6.28. The fourth-order valence-corrected chi connectivity index (χ4v) is 7.65. The summed E-state index contributed by atoms with van der Waals surface area (Å²) in [6, 6.07) is -2.54. The molecule has 0 aliphatic carbocycles. The summed E-state index contributed by atoms with van der Waals surface area (Å²) in [6.45, 7) is 0. The lowest BCUT2D eigenvalue weighted by molar-refractivity contribution is -0.0434. The number of sulfone groups is 3. The molecule has 0 aromatic carbocycles. The number of hydrogen-bond acceptors (Lipinski definition) is 6. The van der Waals surface area contributed by atoms with Crippen LogP contribution in [0, 0.1) is 0 Å². The third kappa shape index (κ3) is 3.28. The smallest absolute Gasteiger partial charge is 0.234 e. The van der Waals surface area contributed by atoms with Gasteiger partial charge in [-0.3, -0.25) is 0 Å². The van der Waals surface area contributed by atoms with E-state index in [-0.39, 0.29) is 6.26 Å². The van der Waals surface area contributed by atoms with Crippen LogP contribution in [0.15, 0.2) is 0 Å². The van der Waals surface area contributed by atoms with Crippen molar-refractivity contribution in [2.24, 2.45) is 0 Å². The highest BCUT2D eigenvalue weighted by Crippen LogP contribution is 2.32. The third-order valence-corrected chi connectivity index (χ3v) is 9.49. The van der Waals surface area contributed by atoms with Crippen LogP contribution in [-0.4, -0.2) is 46.9 Å². The maximum Gasteiger partial charge on any atom is 0.499 e. The van der Waals surface area contributed by atoms with Crippen molar-refractivity contribution in [3.05, 3.63) is 0 Å². The molecule has 0 N–H and O–H groups in total. The third-order valence-electron chi connectivity index (χ3n) is 1.37. The van der Waals surface area contributed by atoms with Gasteiger partial charge < -0.3 is 0 Å². The van der Waals surface area contributed by atoms with Crippen LogP contribution >= 0.6 is 0 Å². The fraction of sp³-hybridized carbons (Fsp3) is 1.00. The summed E-state index contributed by atoms with van der Waals surface area (Å²) in [5.74, 6) is 0. The van der Waals surface area contributed by atoms with E-state index in [0.29, 0.717) is 0 Å². The van der Waals surface area contributed by atoms with E-state index < -0.39 is 44.9 Å². The van der Waals surface area contributed by atoms with Crippen LogP contribution in [0.4, 0.5) is 17.6 Å². The highest BCUT2D eigenvalue weighted by molar-refractivity contribution is 8.24. The van der Waals surface area contributed by atoms with E-state index in [2.05, 4.69) is 0 Å². The molecule has 0 heterocycles. The lowest BCUT2D eigenvalue weighted by Gasteiger charge is -2.16. The summed E-state index contributed by atoms with van der Waals surface area (Å²) in [4.78, 5) is 0. The Morgan fingerprint density at radius 3 is 1.53 bits per heavy atom. The first-order chi connectivity index (χ1) is 7.18. The van der Waals surface area contributed by atoms with Crippen molar-refractivity contribution in [2.45, 2.75) is 9.42 Å². The predicted octanol–water partition coefficient (Wildman–Crippen LogP) is -0.409. The molecule has 0 fully saturated rings. The van der Waals surface area contributed by atoms with E-state index in [1.807, 2.05) is 0 Å². The van der Waals surface area contributed by atoms with Crippen LogP contribution in [0.3, 0.4) is 0 Å². The molecule has 1 unspecified atom stereocenters. The zero-order chi connectivity index (χ0) is 14.3. The molecule has 0 saturated carbocycles. The maximum absolute atomic E-state index is 12.0. The summed E-state index contributed by atoms with van der Waals surface area (Å²) < 4.78 is 109. The number of halogens is 4. The standard InChI is InChI=1S/C4H6F4O6S3/c1-15(9,10)3(16(11,12)2-5)17(13,14)4(6,7)8/h3H,2H2,1H3. The van der Waals surface area contributed by atoms with Gasteiger partial charge in [-0.05, 0) is 0 Å². The molecule has 0 saturated heterocycles. The Labute approximate surface area is 94.4 Å². The van der Waals surface area contributed by atoms with Gasteiger partial charge in [0.15, 0.2) is 15.8 Å². The van der Waals surface area contributed by atoms with Gasteiger partial charge >= 0.3 is 5.51 Å². The molecule has 104 valence electrons. The number of rotatable bonds is 4. The zero-order valence-electron chi connectivity index (χ0n) is 7.97. The van der Waals surface area contributed by atoms with Crippen LogP contribution in [0.1, 0.15) is 0 Å². The second-order valence-electron chi connectivity index (χ2n) is 2.88. The second kappa shape index (κ2) is 4.35. The zero-order valence-corrected chi connectivity index (χ0v) is 10.4. The first-order valence-corrected chi connectivity index (χ1v) is 8.66. The minimum absolute atomic E-state index is 0.0475. The minimum atomic E-state index is -6.58. The average molecular weight is 322 g/mol. The Morgan fingerprint density at radius 1 is 1.00 bits per heavy atom. The van der Waals surface area contributed by atoms with E-state index in [4.69, 9.17) is 0 Å². The molecule has 0 radical (unpaired) electrons. The van der Waals surface area contributed by atoms with E-state index in [1.165, 1.54) is 0 Å². The summed E-state index contributed by atoms with van der Waals surface area (Å²) in [7, 11) is -17.4. The van der Waals surface area contributed by atoms with E-state index >= 15 is 0 Å². The Hall–Kier alpha value is -0.430. The maximum atomic E-state index is 12.0. The summed E-state index contributed by atoms with van der Waals surface area (Å²) >= 11 is 0. The Morgan fingerprint density at radius 2 is 1.35 bits per heavy atom. The molecular weight excluding hydrogens is 316 g/mol. The number of hydrogen-bond donors (Lipinski definition) is 0. The molecule has 0 spiro atoms. The molecule has 1 atom stereocenters. The number of alkyl halides is 4. The molecular formula is C4H6F4O6S3. The van der Waals surface area contributed by atoms with Crippen LogP contribution < -0.4 is 0 Å². The van der Waals surface area contributed by atoms with Gasteiger partial charge in [0, 0.05) is 6.26 Å². The minimum Gasteiger partial charge on any atom is -0.234 e. The molecule has 0 aromatic heterocycles. The molecule has 0 aromatic rings.